The molecule has 0 fully saturated rings. The van der Waals surface area contributed by atoms with E-state index in [1.54, 1.807) is 0 Å². The molecule has 291 valence electrons. The molecule has 0 saturated carbocycles. The summed E-state index contributed by atoms with van der Waals surface area (Å²) in [5.74, 6) is 0.560. The van der Waals surface area contributed by atoms with Crippen LogP contribution in [0, 0.1) is 32.8 Å². The van der Waals surface area contributed by atoms with Crippen molar-refractivity contribution < 1.29 is 58.9 Å². The van der Waals surface area contributed by atoms with Gasteiger partial charge in [-0.3, -0.25) is 6.08 Å². The van der Waals surface area contributed by atoms with Gasteiger partial charge in [-0.1, -0.05) is 26.7 Å². The van der Waals surface area contributed by atoms with Gasteiger partial charge in [0.2, 0.25) is 0 Å². The van der Waals surface area contributed by atoms with Crippen molar-refractivity contribution in [1.29, 1.82) is 0 Å². The van der Waals surface area contributed by atoms with Crippen LogP contribution in [0.1, 0.15) is 44.4 Å². The molecule has 4 rings (SSSR count). The summed E-state index contributed by atoms with van der Waals surface area (Å²) in [4.78, 5) is 13.8. The second-order valence-corrected chi connectivity index (χ2v) is 17.3. The molecule has 1 aliphatic rings. The van der Waals surface area contributed by atoms with E-state index in [0.717, 1.165) is 0 Å². The molecule has 11 heteroatoms. The molecule has 1 unspecified atom stereocenters. The predicted octanol–water partition coefficient (Wildman–Crippen LogP) is -2.74. The summed E-state index contributed by atoms with van der Waals surface area (Å²) in [5, 5.41) is 4.24. The fraction of sp³-hybridized carbons (Fsp3) is 0.476. The van der Waals surface area contributed by atoms with Crippen molar-refractivity contribution in [2.75, 3.05) is 114 Å². The number of benzene rings is 3. The van der Waals surface area contributed by atoms with E-state index in [1.807, 2.05) is 0 Å². The Kier molecular flexibility index (Phi) is 21.7. The fourth-order valence-electron chi connectivity index (χ4n) is 6.67. The van der Waals surface area contributed by atoms with Gasteiger partial charge in [-0.25, -0.2) is 5.57 Å². The minimum Gasteiger partial charge on any atom is -1.00 e. The maximum atomic E-state index is 3.36. The third-order valence-corrected chi connectivity index (χ3v) is 12.6. The average molecular weight is 835 g/mol. The van der Waals surface area contributed by atoms with Crippen LogP contribution in [0.3, 0.4) is 0 Å². The number of aryl methyl sites for hydroxylation is 3. The summed E-state index contributed by atoms with van der Waals surface area (Å²) in [7, 11) is 24.6. The fourth-order valence-corrected chi connectivity index (χ4v) is 10.7. The Bertz CT molecular complexity index is 1480. The number of anilines is 6. The van der Waals surface area contributed by atoms with E-state index in [9.17, 15) is 0 Å². The first-order valence-electron chi connectivity index (χ1n) is 17.3. The normalized spacial score (nSPS) is 13.0. The van der Waals surface area contributed by atoms with Gasteiger partial charge in [-0.15, -0.1) is 6.92 Å². The van der Waals surface area contributed by atoms with Gasteiger partial charge in [0.05, 0.1) is 0 Å². The average Bonchev–Trinajstić information content (AvgIpc) is 3.22. The van der Waals surface area contributed by atoms with E-state index in [2.05, 4.69) is 205 Å². The van der Waals surface area contributed by atoms with Gasteiger partial charge in [0.1, 0.15) is 0 Å². The minimum absolute atomic E-state index is 0. The smallest absolute Gasteiger partial charge is 1.00 e. The van der Waals surface area contributed by atoms with E-state index in [0.29, 0.717) is 5.92 Å². The van der Waals surface area contributed by atoms with Crippen molar-refractivity contribution in [3.05, 3.63) is 75.9 Å². The van der Waals surface area contributed by atoms with Crippen LogP contribution in [0.4, 0.5) is 34.1 Å². The molecule has 1 radical (unpaired) electrons. The summed E-state index contributed by atoms with van der Waals surface area (Å²) in [6, 6.07) is 14.2. The first-order valence-corrected chi connectivity index (χ1v) is 18.8. The van der Waals surface area contributed by atoms with E-state index in [4.69, 9.17) is 0 Å². The van der Waals surface area contributed by atoms with Crippen LogP contribution in [0.25, 0.3) is 0 Å². The Labute approximate surface area is 359 Å². The first-order chi connectivity index (χ1) is 22.7. The SMILES string of the molecule is CC1=[C-]C(C)C(C)=C1C.Cc1cc(N(C)C)c([Si](c2c(N(C)C)cc(C)cc2N(C)C)c2c(N(C)C)cc(C)cc2N(C)C)c(N(C)C)c1.[Cl-].[Cl-].[Cl-].[Ti+4]. The van der Waals surface area contributed by atoms with E-state index in [-0.39, 0.29) is 58.9 Å². The maximum absolute atomic E-state index is 3.36. The third kappa shape index (κ3) is 11.9. The van der Waals surface area contributed by atoms with E-state index < -0.39 is 8.80 Å². The number of halogens is 3. The topological polar surface area (TPSA) is 19.4 Å². The van der Waals surface area contributed by atoms with Crippen molar-refractivity contribution in [1.82, 2.24) is 0 Å². The molecule has 0 amide bonds. The minimum atomic E-state index is -1.62. The maximum Gasteiger partial charge on any atom is 4.00 e. The molecular weight excluding hydrogens is 771 g/mol. The van der Waals surface area contributed by atoms with Crippen molar-refractivity contribution in [2.45, 2.75) is 48.5 Å². The Hall–Kier alpha value is -2.26. The molecule has 3 aromatic rings. The molecule has 0 saturated heterocycles. The summed E-state index contributed by atoms with van der Waals surface area (Å²) in [6.45, 7) is 15.3. The molecule has 0 N–H and O–H groups in total. The van der Waals surface area contributed by atoms with E-state index in [1.165, 1.54) is 83.1 Å². The molecule has 6 nitrogen and oxygen atoms in total. The first kappa shape index (κ1) is 52.8. The molecule has 0 spiro atoms. The van der Waals surface area contributed by atoms with Crippen LogP contribution in [-0.2, 0) is 21.7 Å². The zero-order valence-corrected chi connectivity index (χ0v) is 40.7. The van der Waals surface area contributed by atoms with Gasteiger partial charge in [-0.05, 0) is 89.4 Å². The number of hydrogen-bond donors (Lipinski definition) is 0. The van der Waals surface area contributed by atoms with Gasteiger partial charge in [0.25, 0.3) is 0 Å². The molecule has 0 aliphatic heterocycles. The zero-order valence-electron chi connectivity index (χ0n) is 35.9. The van der Waals surface area contributed by atoms with Crippen LogP contribution in [0.15, 0.2) is 53.1 Å². The van der Waals surface area contributed by atoms with Crippen LogP contribution >= 0.6 is 0 Å². The monoisotopic (exact) mass is 833 g/mol. The van der Waals surface area contributed by atoms with E-state index >= 15 is 0 Å². The molecule has 0 aromatic heterocycles. The summed E-state index contributed by atoms with van der Waals surface area (Å²) in [5.41, 5.74) is 15.7. The summed E-state index contributed by atoms with van der Waals surface area (Å²) >= 11 is 0. The quantitative estimate of drug-likeness (QED) is 0.132. The molecule has 0 heterocycles. The van der Waals surface area contributed by atoms with Gasteiger partial charge in [-0.2, -0.15) is 11.1 Å². The second kappa shape index (κ2) is 21.7. The van der Waals surface area contributed by atoms with Crippen LogP contribution < -0.4 is 82.2 Å². The van der Waals surface area contributed by atoms with Crippen LogP contribution in [0.2, 0.25) is 0 Å². The Morgan fingerprint density at radius 1 is 0.434 bits per heavy atom. The zero-order chi connectivity index (χ0) is 37.2. The van der Waals surface area contributed by atoms with Crippen molar-refractivity contribution in [2.24, 2.45) is 5.92 Å². The van der Waals surface area contributed by atoms with Gasteiger partial charge < -0.3 is 66.6 Å². The van der Waals surface area contributed by atoms with Gasteiger partial charge in [0, 0.05) is 119 Å². The Balaban J connectivity index is 0. The molecule has 3 aromatic carbocycles. The molecule has 1 aliphatic carbocycles. The summed E-state index contributed by atoms with van der Waals surface area (Å²) in [6.07, 6.45) is 3.36. The number of nitrogens with zero attached hydrogens (tertiary/aromatic N) is 6. The molecule has 1 atom stereocenters. The third-order valence-electron chi connectivity index (χ3n) is 9.60. The van der Waals surface area contributed by atoms with Gasteiger partial charge >= 0.3 is 21.7 Å². The summed E-state index contributed by atoms with van der Waals surface area (Å²) < 4.78 is 0. The number of hydrogen-bond acceptors (Lipinski definition) is 6. The van der Waals surface area contributed by atoms with Crippen molar-refractivity contribution in [3.8, 4) is 0 Å². The second-order valence-electron chi connectivity index (χ2n) is 15.1. The van der Waals surface area contributed by atoms with Gasteiger partial charge in [0.15, 0.2) is 8.80 Å². The van der Waals surface area contributed by atoms with Crippen molar-refractivity contribution >= 4 is 58.5 Å². The Morgan fingerprint density at radius 2 is 0.642 bits per heavy atom. The van der Waals surface area contributed by atoms with Crippen molar-refractivity contribution in [3.63, 3.8) is 0 Å². The number of allylic oxidation sites excluding steroid dienone is 4. The Morgan fingerprint density at radius 3 is 0.755 bits per heavy atom. The molecule has 53 heavy (non-hydrogen) atoms. The number of rotatable bonds is 9. The predicted molar refractivity (Wildman–Crippen MR) is 224 cm³/mol. The standard InChI is InChI=1S/C33H51N6Si.C9H13.3ClH.Ti/c1-22-16-25(34(4)5)31(26(17-22)35(6)7)40(32-27(36(8)9)18-23(2)19-28(32)37(10)11)33-29(38(12)13)20-24(3)21-30(33)39(14)15;1-6-5-7(2)9(4)8(6)3;;;;/h16-21H,1-15H3;6H,1-4H3;3*1H;/q;-1;;;;+4/p-3. The largest absolute Gasteiger partial charge is 4.00 e. The van der Waals surface area contributed by atoms with Crippen LogP contribution in [0.5, 0.6) is 0 Å². The molecular formula is C42H64Cl3N6SiTi. The van der Waals surface area contributed by atoms with Crippen LogP contribution in [-0.4, -0.2) is 93.4 Å². The molecule has 0 bridgehead atoms.